The zero-order valence-electron chi connectivity index (χ0n) is 10.4. The van der Waals surface area contributed by atoms with Crippen LogP contribution in [0.5, 0.6) is 5.75 Å². The summed E-state index contributed by atoms with van der Waals surface area (Å²) in [6.45, 7) is 7.77. The largest absolute Gasteiger partial charge is 0.493 e. The molecule has 0 heterocycles. The minimum atomic E-state index is 0.153. The molecule has 0 radical (unpaired) electrons. The van der Waals surface area contributed by atoms with Crippen molar-refractivity contribution in [3.05, 3.63) is 24.3 Å². The van der Waals surface area contributed by atoms with Crippen LogP contribution in [0.3, 0.4) is 0 Å². The van der Waals surface area contributed by atoms with E-state index in [1.54, 1.807) is 0 Å². The number of ether oxygens (including phenoxy) is 1. The van der Waals surface area contributed by atoms with Gasteiger partial charge in [0.2, 0.25) is 0 Å². The molecule has 1 aromatic rings. The van der Waals surface area contributed by atoms with Crippen molar-refractivity contribution in [3.8, 4) is 5.75 Å². The van der Waals surface area contributed by atoms with Gasteiger partial charge in [-0.2, -0.15) is 0 Å². The summed E-state index contributed by atoms with van der Waals surface area (Å²) in [5.74, 6) is 1.45. The lowest BCUT2D eigenvalue weighted by Crippen LogP contribution is -2.25. The van der Waals surface area contributed by atoms with Gasteiger partial charge in [0.15, 0.2) is 0 Å². The van der Waals surface area contributed by atoms with Crippen LogP contribution in [0.4, 0.5) is 5.69 Å². The van der Waals surface area contributed by atoms with Crippen molar-refractivity contribution in [1.29, 1.82) is 0 Å². The number of nitrogens with two attached hydrogens (primary N) is 1. The molecule has 90 valence electrons. The van der Waals surface area contributed by atoms with Crippen LogP contribution in [0, 0.1) is 5.92 Å². The Hall–Kier alpha value is -1.22. The SMILES string of the molecule is CC(C)COc1cccc(NCC(C)N)c1. The number of hydrogen-bond donors (Lipinski definition) is 2. The second-order valence-corrected chi connectivity index (χ2v) is 4.59. The molecule has 0 fully saturated rings. The lowest BCUT2D eigenvalue weighted by molar-refractivity contribution is 0.271. The van der Waals surface area contributed by atoms with E-state index >= 15 is 0 Å². The van der Waals surface area contributed by atoms with Crippen LogP contribution in [-0.2, 0) is 0 Å². The van der Waals surface area contributed by atoms with E-state index in [1.807, 2.05) is 31.2 Å². The third kappa shape index (κ3) is 5.03. The van der Waals surface area contributed by atoms with Crippen LogP contribution in [-0.4, -0.2) is 19.2 Å². The fourth-order valence-electron chi connectivity index (χ4n) is 1.24. The predicted molar refractivity (Wildman–Crippen MR) is 68.9 cm³/mol. The molecular formula is C13H22N2O. The van der Waals surface area contributed by atoms with E-state index in [4.69, 9.17) is 10.5 Å². The Morgan fingerprint density at radius 2 is 2.06 bits per heavy atom. The molecule has 0 aliphatic carbocycles. The van der Waals surface area contributed by atoms with Gasteiger partial charge in [-0.05, 0) is 25.0 Å². The van der Waals surface area contributed by atoms with Crippen molar-refractivity contribution < 1.29 is 4.74 Å². The number of nitrogens with one attached hydrogen (secondary N) is 1. The van der Waals surface area contributed by atoms with Gasteiger partial charge in [0.05, 0.1) is 6.61 Å². The lowest BCUT2D eigenvalue weighted by Gasteiger charge is -2.12. The molecule has 1 aromatic carbocycles. The average Bonchev–Trinajstić information content (AvgIpc) is 2.24. The van der Waals surface area contributed by atoms with Crippen molar-refractivity contribution in [3.63, 3.8) is 0 Å². The van der Waals surface area contributed by atoms with E-state index in [0.717, 1.165) is 24.6 Å². The van der Waals surface area contributed by atoms with Gasteiger partial charge in [-0.25, -0.2) is 0 Å². The van der Waals surface area contributed by atoms with Crippen LogP contribution in [0.2, 0.25) is 0 Å². The maximum Gasteiger partial charge on any atom is 0.121 e. The van der Waals surface area contributed by atoms with E-state index in [0.29, 0.717) is 5.92 Å². The Morgan fingerprint density at radius 3 is 2.69 bits per heavy atom. The highest BCUT2D eigenvalue weighted by Crippen LogP contribution is 2.17. The van der Waals surface area contributed by atoms with Gasteiger partial charge in [0, 0.05) is 24.3 Å². The third-order valence-corrected chi connectivity index (χ3v) is 2.05. The molecule has 3 heteroatoms. The highest BCUT2D eigenvalue weighted by atomic mass is 16.5. The predicted octanol–water partition coefficient (Wildman–Crippen LogP) is 2.48. The molecule has 1 unspecified atom stereocenters. The Labute approximate surface area is 98.0 Å². The molecule has 3 nitrogen and oxygen atoms in total. The number of anilines is 1. The Kier molecular flexibility index (Phi) is 5.12. The van der Waals surface area contributed by atoms with Crippen LogP contribution in [0.15, 0.2) is 24.3 Å². The highest BCUT2D eigenvalue weighted by molar-refractivity contribution is 5.48. The van der Waals surface area contributed by atoms with Gasteiger partial charge in [-0.1, -0.05) is 19.9 Å². The first-order valence-corrected chi connectivity index (χ1v) is 5.80. The van der Waals surface area contributed by atoms with Crippen molar-refractivity contribution in [1.82, 2.24) is 0 Å². The highest BCUT2D eigenvalue weighted by Gasteiger charge is 1.99. The smallest absolute Gasteiger partial charge is 0.121 e. The molecule has 0 aliphatic rings. The molecule has 0 bridgehead atoms. The zero-order valence-corrected chi connectivity index (χ0v) is 10.4. The van der Waals surface area contributed by atoms with E-state index < -0.39 is 0 Å². The summed E-state index contributed by atoms with van der Waals surface area (Å²) >= 11 is 0. The van der Waals surface area contributed by atoms with Crippen molar-refractivity contribution in [2.24, 2.45) is 11.7 Å². The summed E-state index contributed by atoms with van der Waals surface area (Å²) in [5, 5.41) is 3.27. The summed E-state index contributed by atoms with van der Waals surface area (Å²) in [5.41, 5.74) is 6.74. The average molecular weight is 222 g/mol. The molecule has 16 heavy (non-hydrogen) atoms. The monoisotopic (exact) mass is 222 g/mol. The minimum absolute atomic E-state index is 0.153. The molecule has 1 rings (SSSR count). The van der Waals surface area contributed by atoms with Gasteiger partial charge in [-0.3, -0.25) is 0 Å². The first kappa shape index (κ1) is 12.8. The number of hydrogen-bond acceptors (Lipinski definition) is 3. The normalized spacial score (nSPS) is 12.6. The molecule has 0 aromatic heterocycles. The molecular weight excluding hydrogens is 200 g/mol. The van der Waals surface area contributed by atoms with Gasteiger partial charge >= 0.3 is 0 Å². The maximum atomic E-state index is 5.68. The minimum Gasteiger partial charge on any atom is -0.493 e. The first-order chi connectivity index (χ1) is 7.58. The Balaban J connectivity index is 2.50. The molecule has 0 aliphatic heterocycles. The van der Waals surface area contributed by atoms with Crippen LogP contribution >= 0.6 is 0 Å². The second kappa shape index (κ2) is 6.38. The van der Waals surface area contributed by atoms with E-state index in [-0.39, 0.29) is 6.04 Å². The zero-order chi connectivity index (χ0) is 12.0. The van der Waals surface area contributed by atoms with E-state index in [2.05, 4.69) is 19.2 Å². The van der Waals surface area contributed by atoms with E-state index in [9.17, 15) is 0 Å². The fraction of sp³-hybridized carbons (Fsp3) is 0.538. The molecule has 0 spiro atoms. The Bertz CT molecular complexity index is 283. The summed E-state index contributed by atoms with van der Waals surface area (Å²) < 4.78 is 5.64. The third-order valence-electron chi connectivity index (χ3n) is 2.05. The molecule has 0 saturated carbocycles. The van der Waals surface area contributed by atoms with Crippen molar-refractivity contribution >= 4 is 5.69 Å². The second-order valence-electron chi connectivity index (χ2n) is 4.59. The standard InChI is InChI=1S/C13H22N2O/c1-10(2)9-16-13-6-4-5-12(7-13)15-8-11(3)14/h4-7,10-11,15H,8-9,14H2,1-3H3. The Morgan fingerprint density at radius 1 is 1.31 bits per heavy atom. The van der Waals surface area contributed by atoms with Gasteiger partial charge in [0.25, 0.3) is 0 Å². The van der Waals surface area contributed by atoms with Gasteiger partial charge in [-0.15, -0.1) is 0 Å². The van der Waals surface area contributed by atoms with Gasteiger partial charge in [0.1, 0.15) is 5.75 Å². The van der Waals surface area contributed by atoms with Gasteiger partial charge < -0.3 is 15.8 Å². The summed E-state index contributed by atoms with van der Waals surface area (Å²) in [6.07, 6.45) is 0. The molecule has 0 saturated heterocycles. The molecule has 1 atom stereocenters. The summed E-state index contributed by atoms with van der Waals surface area (Å²) in [7, 11) is 0. The van der Waals surface area contributed by atoms with Crippen LogP contribution in [0.25, 0.3) is 0 Å². The van der Waals surface area contributed by atoms with Crippen LogP contribution < -0.4 is 15.8 Å². The number of rotatable bonds is 6. The first-order valence-electron chi connectivity index (χ1n) is 5.80. The van der Waals surface area contributed by atoms with Crippen molar-refractivity contribution in [2.45, 2.75) is 26.8 Å². The molecule has 0 amide bonds. The van der Waals surface area contributed by atoms with Crippen LogP contribution in [0.1, 0.15) is 20.8 Å². The fourth-order valence-corrected chi connectivity index (χ4v) is 1.24. The quantitative estimate of drug-likeness (QED) is 0.777. The maximum absolute atomic E-state index is 5.68. The van der Waals surface area contributed by atoms with Crippen molar-refractivity contribution in [2.75, 3.05) is 18.5 Å². The summed E-state index contributed by atoms with van der Waals surface area (Å²) in [4.78, 5) is 0. The summed E-state index contributed by atoms with van der Waals surface area (Å²) in [6, 6.07) is 8.13. The number of benzene rings is 1. The topological polar surface area (TPSA) is 47.3 Å². The van der Waals surface area contributed by atoms with E-state index in [1.165, 1.54) is 0 Å². The molecule has 3 N–H and O–H groups in total. The lowest BCUT2D eigenvalue weighted by atomic mass is 10.2.